The van der Waals surface area contributed by atoms with Crippen LogP contribution in [0.15, 0.2) is 237 Å². The van der Waals surface area contributed by atoms with Crippen LogP contribution in [0.5, 0.6) is 0 Å². The van der Waals surface area contributed by atoms with Gasteiger partial charge in [0.1, 0.15) is 0 Å². The zero-order chi connectivity index (χ0) is 38.0. The minimum atomic E-state index is 1.07. The van der Waals surface area contributed by atoms with Gasteiger partial charge in [0.05, 0.1) is 11.0 Å². The second-order valence-electron chi connectivity index (χ2n) is 14.3. The molecule has 0 N–H and O–H groups in total. The first-order chi connectivity index (χ1) is 28.3. The SMILES string of the molecule is c1ccc(N(c2ccccc2)c2cc(-c3cccc(-c4ccc5c6ccccc6n(-c6ccccc6)c5c4)c3)cc(N(c3ccccc3)c3ccccc3)c2)cc1. The standard InChI is InChI=1S/C54H39N3/c1-6-21-44(22-7-1)55(45-23-8-2-9-24-45)49-36-43(37-50(39-49)56(46-25-10-3-11-26-46)47-27-12-4-13-28-47)41-20-18-19-40(35-41)42-33-34-52-51-31-16-17-32-53(51)57(54(52)38-42)48-29-14-5-15-30-48/h1-39H. The molecule has 0 fully saturated rings. The van der Waals surface area contributed by atoms with Gasteiger partial charge in [-0.15, -0.1) is 0 Å². The Bertz CT molecular complexity index is 2760. The Hall–Kier alpha value is -7.62. The fourth-order valence-electron chi connectivity index (χ4n) is 8.11. The van der Waals surface area contributed by atoms with Crippen molar-refractivity contribution in [3.05, 3.63) is 237 Å². The van der Waals surface area contributed by atoms with Gasteiger partial charge in [-0.05, 0) is 119 Å². The third kappa shape index (κ3) is 6.52. The topological polar surface area (TPSA) is 11.4 Å². The first-order valence-electron chi connectivity index (χ1n) is 19.4. The molecule has 270 valence electrons. The number of hydrogen-bond donors (Lipinski definition) is 0. The molecule has 0 spiro atoms. The van der Waals surface area contributed by atoms with E-state index in [9.17, 15) is 0 Å². The Morgan fingerprint density at radius 3 is 1.19 bits per heavy atom. The van der Waals surface area contributed by atoms with Gasteiger partial charge < -0.3 is 14.4 Å². The molecule has 1 heterocycles. The summed E-state index contributed by atoms with van der Waals surface area (Å²) in [7, 11) is 0. The summed E-state index contributed by atoms with van der Waals surface area (Å²) in [5.41, 5.74) is 14.6. The highest BCUT2D eigenvalue weighted by Gasteiger charge is 2.20. The smallest absolute Gasteiger partial charge is 0.0547 e. The number of aromatic nitrogens is 1. The predicted molar refractivity (Wildman–Crippen MR) is 241 cm³/mol. The number of para-hydroxylation sites is 6. The largest absolute Gasteiger partial charge is 0.310 e. The molecule has 10 aromatic rings. The fourth-order valence-corrected chi connectivity index (χ4v) is 8.11. The Morgan fingerprint density at radius 2 is 0.667 bits per heavy atom. The van der Waals surface area contributed by atoms with Crippen LogP contribution in [-0.2, 0) is 0 Å². The summed E-state index contributed by atoms with van der Waals surface area (Å²) in [5, 5.41) is 2.50. The number of fused-ring (bicyclic) bond motifs is 3. The molecular formula is C54H39N3. The molecule has 57 heavy (non-hydrogen) atoms. The molecule has 1 aromatic heterocycles. The van der Waals surface area contributed by atoms with E-state index in [1.165, 1.54) is 27.4 Å². The van der Waals surface area contributed by atoms with Gasteiger partial charge in [0, 0.05) is 50.6 Å². The van der Waals surface area contributed by atoms with E-state index >= 15 is 0 Å². The molecule has 0 bridgehead atoms. The first kappa shape index (κ1) is 33.9. The van der Waals surface area contributed by atoms with Crippen molar-refractivity contribution < 1.29 is 0 Å². The summed E-state index contributed by atoms with van der Waals surface area (Å²) >= 11 is 0. The number of benzene rings is 9. The van der Waals surface area contributed by atoms with Crippen LogP contribution >= 0.6 is 0 Å². The van der Waals surface area contributed by atoms with Gasteiger partial charge in [-0.1, -0.05) is 140 Å². The summed E-state index contributed by atoms with van der Waals surface area (Å²) in [4.78, 5) is 4.70. The third-order valence-corrected chi connectivity index (χ3v) is 10.7. The predicted octanol–water partition coefficient (Wildman–Crippen LogP) is 15.1. The van der Waals surface area contributed by atoms with Crippen LogP contribution < -0.4 is 9.80 Å². The Morgan fingerprint density at radius 1 is 0.246 bits per heavy atom. The molecule has 0 aliphatic heterocycles. The van der Waals surface area contributed by atoms with Gasteiger partial charge in [-0.2, -0.15) is 0 Å². The van der Waals surface area contributed by atoms with Crippen LogP contribution in [0.4, 0.5) is 34.1 Å². The van der Waals surface area contributed by atoms with Crippen molar-refractivity contribution in [2.45, 2.75) is 0 Å². The van der Waals surface area contributed by atoms with Crippen molar-refractivity contribution in [3.63, 3.8) is 0 Å². The molecule has 0 aliphatic carbocycles. The van der Waals surface area contributed by atoms with Crippen molar-refractivity contribution >= 4 is 55.9 Å². The lowest BCUT2D eigenvalue weighted by Gasteiger charge is -2.30. The van der Waals surface area contributed by atoms with Crippen LogP contribution in [0.25, 0.3) is 49.7 Å². The summed E-state index contributed by atoms with van der Waals surface area (Å²) in [6, 6.07) is 84.8. The van der Waals surface area contributed by atoms with Crippen LogP contribution in [0.1, 0.15) is 0 Å². The highest BCUT2D eigenvalue weighted by atomic mass is 15.2. The molecule has 0 amide bonds. The molecule has 0 unspecified atom stereocenters. The lowest BCUT2D eigenvalue weighted by Crippen LogP contribution is -2.13. The Kier molecular flexibility index (Phi) is 8.86. The van der Waals surface area contributed by atoms with Crippen LogP contribution in [-0.4, -0.2) is 4.57 Å². The second kappa shape index (κ2) is 14.9. The van der Waals surface area contributed by atoms with Crippen LogP contribution in [0.2, 0.25) is 0 Å². The fraction of sp³-hybridized carbons (Fsp3) is 0. The van der Waals surface area contributed by atoms with E-state index in [1.54, 1.807) is 0 Å². The Labute approximate surface area is 333 Å². The molecule has 0 atom stereocenters. The number of rotatable bonds is 9. The van der Waals surface area contributed by atoms with Gasteiger partial charge in [0.2, 0.25) is 0 Å². The summed E-state index contributed by atoms with van der Waals surface area (Å²) < 4.78 is 2.39. The minimum absolute atomic E-state index is 1.07. The van der Waals surface area contributed by atoms with Crippen LogP contribution in [0.3, 0.4) is 0 Å². The maximum atomic E-state index is 2.39. The van der Waals surface area contributed by atoms with E-state index in [-0.39, 0.29) is 0 Å². The number of nitrogens with zero attached hydrogens (tertiary/aromatic N) is 3. The third-order valence-electron chi connectivity index (χ3n) is 10.7. The zero-order valence-corrected chi connectivity index (χ0v) is 31.4. The summed E-state index contributed by atoms with van der Waals surface area (Å²) in [6.07, 6.45) is 0. The van der Waals surface area contributed by atoms with Crippen LogP contribution in [0, 0.1) is 0 Å². The maximum Gasteiger partial charge on any atom is 0.0547 e. The number of hydrogen-bond acceptors (Lipinski definition) is 2. The van der Waals surface area contributed by atoms with Gasteiger partial charge in [-0.3, -0.25) is 0 Å². The monoisotopic (exact) mass is 729 g/mol. The van der Waals surface area contributed by atoms with E-state index < -0.39 is 0 Å². The van der Waals surface area contributed by atoms with E-state index in [2.05, 4.69) is 251 Å². The lowest BCUT2D eigenvalue weighted by molar-refractivity contribution is 1.18. The van der Waals surface area contributed by atoms with E-state index in [0.29, 0.717) is 0 Å². The second-order valence-corrected chi connectivity index (χ2v) is 14.3. The lowest BCUT2D eigenvalue weighted by atomic mass is 9.97. The molecule has 9 aromatic carbocycles. The quantitative estimate of drug-likeness (QED) is 0.147. The summed E-state index contributed by atoms with van der Waals surface area (Å²) in [6.45, 7) is 0. The van der Waals surface area contributed by atoms with Crippen molar-refractivity contribution in [2.24, 2.45) is 0 Å². The molecule has 3 heteroatoms. The van der Waals surface area contributed by atoms with Gasteiger partial charge in [0.25, 0.3) is 0 Å². The average Bonchev–Trinajstić information content (AvgIpc) is 3.62. The average molecular weight is 730 g/mol. The Balaban J connectivity index is 1.17. The molecule has 0 radical (unpaired) electrons. The zero-order valence-electron chi connectivity index (χ0n) is 31.4. The normalized spacial score (nSPS) is 11.2. The van der Waals surface area contributed by atoms with Crippen molar-refractivity contribution in [2.75, 3.05) is 9.80 Å². The van der Waals surface area contributed by atoms with Gasteiger partial charge in [0.15, 0.2) is 0 Å². The highest BCUT2D eigenvalue weighted by Crippen LogP contribution is 2.44. The first-order valence-corrected chi connectivity index (χ1v) is 19.4. The number of anilines is 6. The van der Waals surface area contributed by atoms with Gasteiger partial charge >= 0.3 is 0 Å². The maximum absolute atomic E-state index is 2.39. The summed E-state index contributed by atoms with van der Waals surface area (Å²) in [5.74, 6) is 0. The highest BCUT2D eigenvalue weighted by molar-refractivity contribution is 6.10. The van der Waals surface area contributed by atoms with E-state index in [0.717, 1.165) is 56.5 Å². The van der Waals surface area contributed by atoms with Crippen molar-refractivity contribution in [3.8, 4) is 27.9 Å². The van der Waals surface area contributed by atoms with E-state index in [4.69, 9.17) is 0 Å². The molecular weight excluding hydrogens is 691 g/mol. The molecule has 3 nitrogen and oxygen atoms in total. The molecule has 0 saturated carbocycles. The van der Waals surface area contributed by atoms with Gasteiger partial charge in [-0.25, -0.2) is 0 Å². The van der Waals surface area contributed by atoms with Crippen molar-refractivity contribution in [1.29, 1.82) is 0 Å². The molecule has 0 saturated heterocycles. The minimum Gasteiger partial charge on any atom is -0.310 e. The molecule has 0 aliphatic rings. The van der Waals surface area contributed by atoms with Crippen molar-refractivity contribution in [1.82, 2.24) is 4.57 Å². The molecule has 10 rings (SSSR count). The van der Waals surface area contributed by atoms with E-state index in [1.807, 2.05) is 0 Å².